The third-order valence-corrected chi connectivity index (χ3v) is 5.31. The fourth-order valence-corrected chi connectivity index (χ4v) is 3.72. The van der Waals surface area contributed by atoms with Crippen LogP contribution in [-0.2, 0) is 4.79 Å². The average Bonchev–Trinajstić information content (AvgIpc) is 3.04. The van der Waals surface area contributed by atoms with Crippen molar-refractivity contribution in [3.63, 3.8) is 0 Å². The van der Waals surface area contributed by atoms with Gasteiger partial charge in [-0.15, -0.1) is 0 Å². The second-order valence-corrected chi connectivity index (χ2v) is 7.70. The topological polar surface area (TPSA) is 59.9 Å². The maximum absolute atomic E-state index is 13.0. The third-order valence-electron chi connectivity index (χ3n) is 3.71. The molecule has 1 saturated heterocycles. The Kier molecular flexibility index (Phi) is 7.11. The zero-order chi connectivity index (χ0) is 20.8. The van der Waals surface area contributed by atoms with Crippen LogP contribution in [0.4, 0.5) is 10.1 Å². The van der Waals surface area contributed by atoms with Crippen LogP contribution in [-0.4, -0.2) is 24.3 Å². The van der Waals surface area contributed by atoms with Crippen molar-refractivity contribution >= 4 is 50.5 Å². The molecule has 0 unspecified atom stereocenters. The molecular weight excluding hydrogens is 459 g/mol. The van der Waals surface area contributed by atoms with Crippen LogP contribution < -0.4 is 14.8 Å². The van der Waals surface area contributed by atoms with Gasteiger partial charge >= 0.3 is 0 Å². The first-order valence-electron chi connectivity index (χ1n) is 8.75. The molecule has 0 bridgehead atoms. The number of ether oxygens (including phenoxy) is 2. The molecule has 0 radical (unpaired) electrons. The zero-order valence-electron chi connectivity index (χ0n) is 15.6. The van der Waals surface area contributed by atoms with Crippen molar-refractivity contribution in [3.05, 3.63) is 69.8 Å². The summed E-state index contributed by atoms with van der Waals surface area (Å²) >= 11 is 4.72. The molecule has 2 aromatic carbocycles. The predicted molar refractivity (Wildman–Crippen MR) is 118 cm³/mol. The van der Waals surface area contributed by atoms with Crippen LogP contribution in [0, 0.1) is 5.82 Å². The highest BCUT2D eigenvalue weighted by Crippen LogP contribution is 2.37. The molecule has 8 heteroatoms. The molecule has 1 N–H and O–H groups in total. The summed E-state index contributed by atoms with van der Waals surface area (Å²) in [6.45, 7) is 6.36. The Morgan fingerprint density at radius 1 is 1.24 bits per heavy atom. The standard InChI is InChI=1S/C21H18BrFN2O3S/c1-3-9-28-18-12-16(22)13(10-17(18)27-4-2)11-19-20(26)25-21(29-19)24-15-7-5-14(23)6-8-15/h3,5-8,10-12H,1,4,9H2,2H3,(H,24,25,26)/b19-11-. The summed E-state index contributed by atoms with van der Waals surface area (Å²) in [7, 11) is 0. The van der Waals surface area contributed by atoms with Gasteiger partial charge in [-0.2, -0.15) is 0 Å². The number of hydrogen-bond acceptors (Lipinski definition) is 5. The van der Waals surface area contributed by atoms with Crippen LogP contribution in [0.25, 0.3) is 6.08 Å². The van der Waals surface area contributed by atoms with Crippen molar-refractivity contribution in [2.45, 2.75) is 6.92 Å². The number of amidine groups is 1. The number of halogens is 2. The molecule has 1 amide bonds. The Morgan fingerprint density at radius 3 is 2.66 bits per heavy atom. The molecule has 150 valence electrons. The van der Waals surface area contributed by atoms with E-state index >= 15 is 0 Å². The van der Waals surface area contributed by atoms with Crippen molar-refractivity contribution in [2.24, 2.45) is 4.99 Å². The van der Waals surface area contributed by atoms with E-state index in [4.69, 9.17) is 9.47 Å². The van der Waals surface area contributed by atoms with E-state index in [9.17, 15) is 9.18 Å². The third kappa shape index (κ3) is 5.48. The van der Waals surface area contributed by atoms with E-state index in [1.54, 1.807) is 30.4 Å². The SMILES string of the molecule is C=CCOc1cc(Br)c(/C=C2\SC(=Nc3ccc(F)cc3)NC2=O)cc1OCC. The van der Waals surface area contributed by atoms with E-state index in [1.807, 2.05) is 13.0 Å². The van der Waals surface area contributed by atoms with E-state index < -0.39 is 0 Å². The number of nitrogens with zero attached hydrogens (tertiary/aromatic N) is 1. The summed E-state index contributed by atoms with van der Waals surface area (Å²) in [4.78, 5) is 17.2. The lowest BCUT2D eigenvalue weighted by atomic mass is 10.2. The molecule has 1 heterocycles. The van der Waals surface area contributed by atoms with Gasteiger partial charge in [0.05, 0.1) is 17.2 Å². The monoisotopic (exact) mass is 476 g/mol. The number of hydrogen-bond donors (Lipinski definition) is 1. The van der Waals surface area contributed by atoms with Crippen molar-refractivity contribution in [1.29, 1.82) is 0 Å². The van der Waals surface area contributed by atoms with Crippen LogP contribution >= 0.6 is 27.7 Å². The minimum absolute atomic E-state index is 0.257. The van der Waals surface area contributed by atoms with Gasteiger partial charge in [-0.3, -0.25) is 4.79 Å². The van der Waals surface area contributed by atoms with Crippen LogP contribution in [0.2, 0.25) is 0 Å². The van der Waals surface area contributed by atoms with Crippen LogP contribution in [0.5, 0.6) is 11.5 Å². The summed E-state index contributed by atoms with van der Waals surface area (Å²) in [5.41, 5.74) is 1.32. The molecule has 29 heavy (non-hydrogen) atoms. The first-order chi connectivity index (χ1) is 14.0. The summed E-state index contributed by atoms with van der Waals surface area (Å²) in [5, 5.41) is 3.15. The maximum atomic E-state index is 13.0. The molecule has 3 rings (SSSR count). The summed E-state index contributed by atoms with van der Waals surface area (Å²) in [6, 6.07) is 9.33. The largest absolute Gasteiger partial charge is 0.490 e. The molecule has 0 aliphatic carbocycles. The van der Waals surface area contributed by atoms with E-state index in [0.29, 0.717) is 40.5 Å². The van der Waals surface area contributed by atoms with Gasteiger partial charge in [0.15, 0.2) is 16.7 Å². The minimum atomic E-state index is -0.340. The fraction of sp³-hybridized carbons (Fsp3) is 0.143. The Labute approximate surface area is 180 Å². The Hall–Kier alpha value is -2.58. The minimum Gasteiger partial charge on any atom is -0.490 e. The van der Waals surface area contributed by atoms with E-state index in [1.165, 1.54) is 23.9 Å². The molecule has 1 aliphatic rings. The Bertz CT molecular complexity index is 990. The van der Waals surface area contributed by atoms with Gasteiger partial charge < -0.3 is 14.8 Å². The lowest BCUT2D eigenvalue weighted by Gasteiger charge is -2.13. The summed E-state index contributed by atoms with van der Waals surface area (Å²) < 4.78 is 25.1. The first-order valence-corrected chi connectivity index (χ1v) is 10.4. The highest BCUT2D eigenvalue weighted by Gasteiger charge is 2.24. The van der Waals surface area contributed by atoms with Crippen LogP contribution in [0.15, 0.2) is 63.4 Å². The van der Waals surface area contributed by atoms with E-state index in [0.717, 1.165) is 10.0 Å². The molecular formula is C21H18BrFN2O3S. The van der Waals surface area contributed by atoms with E-state index in [2.05, 4.69) is 32.8 Å². The van der Waals surface area contributed by atoms with Gasteiger partial charge in [-0.05, 0) is 66.7 Å². The number of rotatable bonds is 7. The number of carbonyl (C=O) groups excluding carboxylic acids is 1. The molecule has 5 nitrogen and oxygen atoms in total. The average molecular weight is 477 g/mol. The smallest absolute Gasteiger partial charge is 0.264 e. The molecule has 0 aromatic heterocycles. The molecule has 0 saturated carbocycles. The van der Waals surface area contributed by atoms with Crippen LogP contribution in [0.1, 0.15) is 12.5 Å². The van der Waals surface area contributed by atoms with Gasteiger partial charge in [0.1, 0.15) is 12.4 Å². The number of thioether (sulfide) groups is 1. The first kappa shape index (κ1) is 21.1. The highest BCUT2D eigenvalue weighted by atomic mass is 79.9. The van der Waals surface area contributed by atoms with Crippen molar-refractivity contribution < 1.29 is 18.7 Å². The number of benzene rings is 2. The summed E-state index contributed by atoms with van der Waals surface area (Å²) in [5.74, 6) is 0.566. The Morgan fingerprint density at radius 2 is 1.97 bits per heavy atom. The zero-order valence-corrected chi connectivity index (χ0v) is 18.0. The number of aliphatic imine (C=N–C) groups is 1. The number of amides is 1. The Balaban J connectivity index is 1.87. The van der Waals surface area contributed by atoms with Crippen molar-refractivity contribution in [1.82, 2.24) is 5.32 Å². The van der Waals surface area contributed by atoms with Gasteiger partial charge in [-0.1, -0.05) is 28.6 Å². The second-order valence-electron chi connectivity index (χ2n) is 5.81. The van der Waals surface area contributed by atoms with Crippen LogP contribution in [0.3, 0.4) is 0 Å². The molecule has 1 aliphatic heterocycles. The van der Waals surface area contributed by atoms with Crippen molar-refractivity contribution in [2.75, 3.05) is 13.2 Å². The van der Waals surface area contributed by atoms with Gasteiger partial charge in [0.2, 0.25) is 0 Å². The van der Waals surface area contributed by atoms with Crippen molar-refractivity contribution in [3.8, 4) is 11.5 Å². The van der Waals surface area contributed by atoms with Gasteiger partial charge in [-0.25, -0.2) is 9.38 Å². The normalized spacial score (nSPS) is 16.2. The number of nitrogens with one attached hydrogen (secondary N) is 1. The second kappa shape index (κ2) is 9.76. The lowest BCUT2D eigenvalue weighted by Crippen LogP contribution is -2.19. The lowest BCUT2D eigenvalue weighted by molar-refractivity contribution is -0.115. The van der Waals surface area contributed by atoms with E-state index in [-0.39, 0.29) is 11.7 Å². The quantitative estimate of drug-likeness (QED) is 0.426. The van der Waals surface area contributed by atoms with Gasteiger partial charge in [0, 0.05) is 4.47 Å². The van der Waals surface area contributed by atoms with Gasteiger partial charge in [0.25, 0.3) is 5.91 Å². The predicted octanol–water partition coefficient (Wildman–Crippen LogP) is 5.44. The fourth-order valence-electron chi connectivity index (χ4n) is 2.45. The molecule has 0 spiro atoms. The summed E-state index contributed by atoms with van der Waals surface area (Å²) in [6.07, 6.45) is 3.40. The molecule has 2 aromatic rings. The molecule has 0 atom stereocenters. The maximum Gasteiger partial charge on any atom is 0.264 e. The number of carbonyl (C=O) groups is 1. The highest BCUT2D eigenvalue weighted by molar-refractivity contribution is 9.10. The molecule has 1 fully saturated rings.